The quantitative estimate of drug-likeness (QED) is 0.610. The molecule has 0 amide bonds. The Morgan fingerprint density at radius 3 is 2.62 bits per heavy atom. The Balaban J connectivity index is 2.40. The zero-order valence-electron chi connectivity index (χ0n) is 8.75. The predicted molar refractivity (Wildman–Crippen MR) is 56.9 cm³/mol. The molecule has 0 spiro atoms. The third kappa shape index (κ3) is 1.39. The van der Waals surface area contributed by atoms with E-state index in [1.807, 2.05) is 0 Å². The van der Waals surface area contributed by atoms with Crippen LogP contribution in [0.15, 0.2) is 24.3 Å². The summed E-state index contributed by atoms with van der Waals surface area (Å²) < 4.78 is 0. The molecule has 0 nitrogen and oxygen atoms in total. The van der Waals surface area contributed by atoms with Gasteiger partial charge in [-0.15, -0.1) is 0 Å². The second-order valence-electron chi connectivity index (χ2n) is 4.65. The minimum Gasteiger partial charge on any atom is -0.0622 e. The Labute approximate surface area is 81.0 Å². The molecule has 2 rings (SSSR count). The van der Waals surface area contributed by atoms with Gasteiger partial charge in [-0.2, -0.15) is 0 Å². The molecule has 0 N–H and O–H groups in total. The van der Waals surface area contributed by atoms with Gasteiger partial charge in [0.15, 0.2) is 0 Å². The highest BCUT2D eigenvalue weighted by atomic mass is 14.3. The van der Waals surface area contributed by atoms with Gasteiger partial charge in [0.2, 0.25) is 0 Å². The van der Waals surface area contributed by atoms with E-state index in [2.05, 4.69) is 45.0 Å². The van der Waals surface area contributed by atoms with Crippen LogP contribution in [-0.2, 0) is 6.42 Å². The summed E-state index contributed by atoms with van der Waals surface area (Å²) in [6.07, 6.45) is 1.28. The summed E-state index contributed by atoms with van der Waals surface area (Å²) in [5.41, 5.74) is 3.18. The Morgan fingerprint density at radius 1 is 1.23 bits per heavy atom. The van der Waals surface area contributed by atoms with Crippen LogP contribution in [0.25, 0.3) is 0 Å². The van der Waals surface area contributed by atoms with Crippen LogP contribution >= 0.6 is 0 Å². The van der Waals surface area contributed by atoms with E-state index in [4.69, 9.17) is 0 Å². The molecule has 0 aliphatic heterocycles. The first-order valence-corrected chi connectivity index (χ1v) is 5.28. The molecule has 0 aromatic heterocycles. The second-order valence-corrected chi connectivity index (χ2v) is 4.65. The lowest BCUT2D eigenvalue weighted by Gasteiger charge is -2.20. The molecule has 0 saturated heterocycles. The van der Waals surface area contributed by atoms with Crippen LogP contribution in [0.5, 0.6) is 0 Å². The van der Waals surface area contributed by atoms with Crippen molar-refractivity contribution in [1.82, 2.24) is 0 Å². The molecule has 0 bridgehead atoms. The number of hydrogen-bond donors (Lipinski definition) is 0. The molecule has 1 aromatic carbocycles. The largest absolute Gasteiger partial charge is 0.0622 e. The lowest BCUT2D eigenvalue weighted by atomic mass is 9.84. The SMILES string of the molecule is CC(C)C1c2ccccc2C[C@@H]1C. The molecule has 0 saturated carbocycles. The van der Waals surface area contributed by atoms with Gasteiger partial charge in [0.25, 0.3) is 0 Å². The summed E-state index contributed by atoms with van der Waals surface area (Å²) >= 11 is 0. The first kappa shape index (κ1) is 8.80. The third-order valence-electron chi connectivity index (χ3n) is 3.29. The van der Waals surface area contributed by atoms with Crippen LogP contribution in [0.2, 0.25) is 0 Å². The van der Waals surface area contributed by atoms with Gasteiger partial charge in [-0.05, 0) is 35.3 Å². The zero-order valence-corrected chi connectivity index (χ0v) is 8.75. The summed E-state index contributed by atoms with van der Waals surface area (Å²) in [6, 6.07) is 8.93. The van der Waals surface area contributed by atoms with E-state index in [0.29, 0.717) is 0 Å². The number of hydrogen-bond acceptors (Lipinski definition) is 0. The normalized spacial score (nSPS) is 26.5. The lowest BCUT2D eigenvalue weighted by Crippen LogP contribution is -2.10. The van der Waals surface area contributed by atoms with Gasteiger partial charge in [-0.25, -0.2) is 0 Å². The van der Waals surface area contributed by atoms with E-state index in [-0.39, 0.29) is 0 Å². The van der Waals surface area contributed by atoms with E-state index in [1.165, 1.54) is 6.42 Å². The summed E-state index contributed by atoms with van der Waals surface area (Å²) in [4.78, 5) is 0. The van der Waals surface area contributed by atoms with Crippen molar-refractivity contribution in [3.05, 3.63) is 35.4 Å². The monoisotopic (exact) mass is 174 g/mol. The van der Waals surface area contributed by atoms with Gasteiger partial charge < -0.3 is 0 Å². The van der Waals surface area contributed by atoms with E-state index >= 15 is 0 Å². The first-order chi connectivity index (χ1) is 6.20. The van der Waals surface area contributed by atoms with Crippen molar-refractivity contribution in [1.29, 1.82) is 0 Å². The Kier molecular flexibility index (Phi) is 2.15. The molecule has 1 aliphatic rings. The number of rotatable bonds is 1. The van der Waals surface area contributed by atoms with Gasteiger partial charge in [0.05, 0.1) is 0 Å². The third-order valence-corrected chi connectivity index (χ3v) is 3.29. The first-order valence-electron chi connectivity index (χ1n) is 5.28. The molecule has 0 heteroatoms. The van der Waals surface area contributed by atoms with Crippen molar-refractivity contribution in [2.24, 2.45) is 11.8 Å². The molecule has 0 heterocycles. The molecule has 0 radical (unpaired) electrons. The predicted octanol–water partition coefficient (Wildman–Crippen LogP) is 3.62. The maximum absolute atomic E-state index is 2.38. The molecule has 70 valence electrons. The summed E-state index contributed by atoms with van der Waals surface area (Å²) in [5.74, 6) is 2.40. The zero-order chi connectivity index (χ0) is 9.42. The van der Waals surface area contributed by atoms with Gasteiger partial charge in [-0.1, -0.05) is 45.0 Å². The van der Waals surface area contributed by atoms with Gasteiger partial charge in [0.1, 0.15) is 0 Å². The molecule has 13 heavy (non-hydrogen) atoms. The van der Waals surface area contributed by atoms with E-state index < -0.39 is 0 Å². The van der Waals surface area contributed by atoms with Gasteiger partial charge in [0, 0.05) is 0 Å². The van der Waals surface area contributed by atoms with Crippen molar-refractivity contribution in [3.8, 4) is 0 Å². The molecular formula is C13H18. The Morgan fingerprint density at radius 2 is 1.92 bits per heavy atom. The van der Waals surface area contributed by atoms with Crippen LogP contribution in [-0.4, -0.2) is 0 Å². The molecule has 1 aliphatic carbocycles. The van der Waals surface area contributed by atoms with Crippen molar-refractivity contribution in [2.75, 3.05) is 0 Å². The highest BCUT2D eigenvalue weighted by Gasteiger charge is 2.30. The summed E-state index contributed by atoms with van der Waals surface area (Å²) in [6.45, 7) is 7.05. The van der Waals surface area contributed by atoms with E-state index in [9.17, 15) is 0 Å². The maximum Gasteiger partial charge on any atom is -0.0107 e. The average Bonchev–Trinajstić information content (AvgIpc) is 2.39. The highest BCUT2D eigenvalue weighted by molar-refractivity contribution is 5.36. The fourth-order valence-corrected chi connectivity index (χ4v) is 2.84. The van der Waals surface area contributed by atoms with Crippen molar-refractivity contribution in [2.45, 2.75) is 33.1 Å². The molecule has 1 unspecified atom stereocenters. The second kappa shape index (κ2) is 3.17. The Hall–Kier alpha value is -0.780. The Bertz CT molecular complexity index is 299. The van der Waals surface area contributed by atoms with Crippen LogP contribution in [0.3, 0.4) is 0 Å². The van der Waals surface area contributed by atoms with Crippen LogP contribution in [0.4, 0.5) is 0 Å². The maximum atomic E-state index is 2.38. The molecule has 1 aromatic rings. The fraction of sp³-hybridized carbons (Fsp3) is 0.538. The minimum atomic E-state index is 0.777. The minimum absolute atomic E-state index is 0.777. The van der Waals surface area contributed by atoms with Crippen LogP contribution in [0.1, 0.15) is 37.8 Å². The standard InChI is InChI=1S/C13H18/c1-9(2)13-10(3)8-11-6-4-5-7-12(11)13/h4-7,9-10,13H,8H2,1-3H3/t10-,13?/m0/s1. The van der Waals surface area contributed by atoms with Crippen molar-refractivity contribution in [3.63, 3.8) is 0 Å². The highest BCUT2D eigenvalue weighted by Crippen LogP contribution is 2.41. The fourth-order valence-electron chi connectivity index (χ4n) is 2.84. The number of fused-ring (bicyclic) bond motifs is 1. The lowest BCUT2D eigenvalue weighted by molar-refractivity contribution is 0.393. The van der Waals surface area contributed by atoms with Gasteiger partial charge >= 0.3 is 0 Å². The molecular weight excluding hydrogens is 156 g/mol. The topological polar surface area (TPSA) is 0 Å². The molecule has 0 fully saturated rings. The van der Waals surface area contributed by atoms with Crippen LogP contribution < -0.4 is 0 Å². The summed E-state index contributed by atoms with van der Waals surface area (Å²) in [7, 11) is 0. The smallest absolute Gasteiger partial charge is 0.0107 e. The summed E-state index contributed by atoms with van der Waals surface area (Å²) in [5, 5.41) is 0. The van der Waals surface area contributed by atoms with Crippen molar-refractivity contribution >= 4 is 0 Å². The van der Waals surface area contributed by atoms with E-state index in [1.54, 1.807) is 11.1 Å². The van der Waals surface area contributed by atoms with Crippen molar-refractivity contribution < 1.29 is 0 Å². The number of benzene rings is 1. The molecule has 2 atom stereocenters. The van der Waals surface area contributed by atoms with Crippen LogP contribution in [0, 0.1) is 11.8 Å². The van der Waals surface area contributed by atoms with E-state index in [0.717, 1.165) is 17.8 Å². The average molecular weight is 174 g/mol. The van der Waals surface area contributed by atoms with Gasteiger partial charge in [-0.3, -0.25) is 0 Å².